The lowest BCUT2D eigenvalue weighted by Gasteiger charge is -2.30. The van der Waals surface area contributed by atoms with Crippen molar-refractivity contribution in [3.8, 4) is 11.5 Å². The summed E-state index contributed by atoms with van der Waals surface area (Å²) in [5.74, 6) is 1.21. The van der Waals surface area contributed by atoms with Crippen molar-refractivity contribution in [2.24, 2.45) is 0 Å². The van der Waals surface area contributed by atoms with Crippen LogP contribution in [-0.4, -0.2) is 26.7 Å². The number of aryl methyl sites for hydroxylation is 1. The fourth-order valence-electron chi connectivity index (χ4n) is 3.71. The van der Waals surface area contributed by atoms with E-state index >= 15 is 0 Å². The van der Waals surface area contributed by atoms with Gasteiger partial charge in [0.1, 0.15) is 0 Å². The second-order valence-electron chi connectivity index (χ2n) is 6.86. The van der Waals surface area contributed by atoms with Gasteiger partial charge in [-0.1, -0.05) is 30.3 Å². The van der Waals surface area contributed by atoms with Crippen molar-refractivity contribution < 1.29 is 14.3 Å². The molecule has 2 aromatic carbocycles. The number of carbonyl (C=O) groups is 1. The quantitative estimate of drug-likeness (QED) is 0.638. The highest BCUT2D eigenvalue weighted by Crippen LogP contribution is 2.37. The third-order valence-corrected chi connectivity index (χ3v) is 6.22. The maximum Gasteiger partial charge on any atom is 0.261 e. The van der Waals surface area contributed by atoms with Gasteiger partial charge in [-0.05, 0) is 42.7 Å². The van der Waals surface area contributed by atoms with E-state index in [2.05, 4.69) is 34.5 Å². The van der Waals surface area contributed by atoms with Gasteiger partial charge in [0.15, 0.2) is 11.5 Å². The molecule has 1 aliphatic rings. The Bertz CT molecular complexity index is 1010. The largest absolute Gasteiger partial charge is 0.493 e. The smallest absolute Gasteiger partial charge is 0.261 e. The summed E-state index contributed by atoms with van der Waals surface area (Å²) in [5.41, 5.74) is 3.49. The molecule has 2 heterocycles. The SMILES string of the molecule is COc1cccc(CNC(=O)c2ccc(N3CCCc4ccccc43)s2)c1OC. The summed E-state index contributed by atoms with van der Waals surface area (Å²) >= 11 is 1.52. The minimum atomic E-state index is -0.0867. The Labute approximate surface area is 174 Å². The minimum Gasteiger partial charge on any atom is -0.493 e. The number of ether oxygens (including phenoxy) is 2. The monoisotopic (exact) mass is 408 g/mol. The highest BCUT2D eigenvalue weighted by Gasteiger charge is 2.20. The fourth-order valence-corrected chi connectivity index (χ4v) is 4.68. The van der Waals surface area contributed by atoms with Gasteiger partial charge in [0.05, 0.1) is 24.1 Å². The molecule has 6 heteroatoms. The molecule has 0 fully saturated rings. The Morgan fingerprint density at radius 1 is 1.07 bits per heavy atom. The number of amides is 1. The normalized spacial score (nSPS) is 13.0. The number of anilines is 2. The number of benzene rings is 2. The highest BCUT2D eigenvalue weighted by atomic mass is 32.1. The molecule has 1 amide bonds. The van der Waals surface area contributed by atoms with E-state index in [4.69, 9.17) is 9.47 Å². The summed E-state index contributed by atoms with van der Waals surface area (Å²) in [6.45, 7) is 1.35. The molecule has 0 bridgehead atoms. The summed E-state index contributed by atoms with van der Waals surface area (Å²) in [6, 6.07) is 18.1. The molecule has 4 rings (SSSR count). The highest BCUT2D eigenvalue weighted by molar-refractivity contribution is 7.18. The molecule has 1 N–H and O–H groups in total. The van der Waals surface area contributed by atoms with Crippen LogP contribution in [0.1, 0.15) is 27.2 Å². The van der Waals surface area contributed by atoms with Crippen LogP contribution >= 0.6 is 11.3 Å². The molecule has 0 aliphatic carbocycles. The molecular formula is C23H24N2O3S. The van der Waals surface area contributed by atoms with Crippen molar-refractivity contribution in [1.29, 1.82) is 0 Å². The van der Waals surface area contributed by atoms with Crippen molar-refractivity contribution in [3.05, 3.63) is 70.6 Å². The number of rotatable bonds is 6. The molecule has 0 saturated heterocycles. The number of carbonyl (C=O) groups excluding carboxylic acids is 1. The topological polar surface area (TPSA) is 50.8 Å². The zero-order valence-corrected chi connectivity index (χ0v) is 17.4. The predicted molar refractivity (Wildman–Crippen MR) is 117 cm³/mol. The first-order chi connectivity index (χ1) is 14.2. The lowest BCUT2D eigenvalue weighted by Crippen LogP contribution is -2.23. The summed E-state index contributed by atoms with van der Waals surface area (Å²) in [5, 5.41) is 4.09. The van der Waals surface area contributed by atoms with Crippen LogP contribution in [0.5, 0.6) is 11.5 Å². The fraction of sp³-hybridized carbons (Fsp3) is 0.261. The van der Waals surface area contributed by atoms with E-state index in [0.29, 0.717) is 22.9 Å². The van der Waals surface area contributed by atoms with Gasteiger partial charge >= 0.3 is 0 Å². The maximum absolute atomic E-state index is 12.7. The van der Waals surface area contributed by atoms with Gasteiger partial charge in [-0.2, -0.15) is 0 Å². The molecule has 29 heavy (non-hydrogen) atoms. The molecule has 1 aliphatic heterocycles. The molecule has 0 spiro atoms. The lowest BCUT2D eigenvalue weighted by atomic mass is 10.0. The molecular weight excluding hydrogens is 384 g/mol. The molecule has 0 atom stereocenters. The van der Waals surface area contributed by atoms with Gasteiger partial charge in [-0.25, -0.2) is 0 Å². The summed E-state index contributed by atoms with van der Waals surface area (Å²) in [6.07, 6.45) is 2.22. The first kappa shape index (κ1) is 19.3. The van der Waals surface area contributed by atoms with Crippen molar-refractivity contribution in [3.63, 3.8) is 0 Å². The third-order valence-electron chi connectivity index (χ3n) is 5.12. The number of fused-ring (bicyclic) bond motifs is 1. The van der Waals surface area contributed by atoms with Gasteiger partial charge in [0.25, 0.3) is 5.91 Å². The minimum absolute atomic E-state index is 0.0867. The van der Waals surface area contributed by atoms with Gasteiger partial charge in [-0.3, -0.25) is 4.79 Å². The molecule has 1 aromatic heterocycles. The van der Waals surface area contributed by atoms with Crippen LogP contribution in [0, 0.1) is 0 Å². The average molecular weight is 409 g/mol. The van der Waals surface area contributed by atoms with E-state index < -0.39 is 0 Å². The zero-order chi connectivity index (χ0) is 20.2. The van der Waals surface area contributed by atoms with E-state index in [-0.39, 0.29) is 5.91 Å². The van der Waals surface area contributed by atoms with Crippen molar-refractivity contribution in [2.45, 2.75) is 19.4 Å². The standard InChI is InChI=1S/C23H24N2O3S/c1-27-19-11-5-8-17(22(19)28-2)15-24-23(26)20-12-13-21(29-20)25-14-6-9-16-7-3-4-10-18(16)25/h3-5,7-8,10-13H,6,9,14-15H2,1-2H3,(H,24,26). The summed E-state index contributed by atoms with van der Waals surface area (Å²) in [7, 11) is 3.21. The van der Waals surface area contributed by atoms with E-state index in [1.54, 1.807) is 14.2 Å². The Morgan fingerprint density at radius 3 is 2.76 bits per heavy atom. The predicted octanol–water partition coefficient (Wildman–Crippen LogP) is 4.78. The van der Waals surface area contributed by atoms with E-state index in [1.807, 2.05) is 30.3 Å². The molecule has 0 radical (unpaired) electrons. The summed E-state index contributed by atoms with van der Waals surface area (Å²) < 4.78 is 10.8. The van der Waals surface area contributed by atoms with Gasteiger partial charge in [-0.15, -0.1) is 11.3 Å². The van der Waals surface area contributed by atoms with Crippen LogP contribution in [0.4, 0.5) is 10.7 Å². The Morgan fingerprint density at radius 2 is 1.93 bits per heavy atom. The number of thiophene rings is 1. The van der Waals surface area contributed by atoms with Crippen LogP contribution in [0.25, 0.3) is 0 Å². The van der Waals surface area contributed by atoms with Crippen molar-refractivity contribution in [2.75, 3.05) is 25.7 Å². The van der Waals surface area contributed by atoms with E-state index in [0.717, 1.165) is 30.0 Å². The van der Waals surface area contributed by atoms with Crippen LogP contribution in [-0.2, 0) is 13.0 Å². The molecule has 0 saturated carbocycles. The zero-order valence-electron chi connectivity index (χ0n) is 16.6. The third kappa shape index (κ3) is 3.93. The second-order valence-corrected chi connectivity index (χ2v) is 7.92. The second kappa shape index (κ2) is 8.57. The Kier molecular flexibility index (Phi) is 5.71. The van der Waals surface area contributed by atoms with E-state index in [9.17, 15) is 4.79 Å². The first-order valence-corrected chi connectivity index (χ1v) is 10.5. The number of nitrogens with one attached hydrogen (secondary N) is 1. The van der Waals surface area contributed by atoms with Crippen molar-refractivity contribution in [1.82, 2.24) is 5.32 Å². The van der Waals surface area contributed by atoms with Gasteiger partial charge in [0, 0.05) is 24.3 Å². The van der Waals surface area contributed by atoms with Crippen LogP contribution < -0.4 is 19.7 Å². The summed E-state index contributed by atoms with van der Waals surface area (Å²) in [4.78, 5) is 15.7. The number of nitrogens with zero attached hydrogens (tertiary/aromatic N) is 1. The maximum atomic E-state index is 12.7. The number of para-hydroxylation sites is 2. The molecule has 5 nitrogen and oxygen atoms in total. The number of methoxy groups -OCH3 is 2. The average Bonchev–Trinajstić information content (AvgIpc) is 3.26. The first-order valence-electron chi connectivity index (χ1n) is 9.64. The number of hydrogen-bond donors (Lipinski definition) is 1. The Hall–Kier alpha value is -2.99. The van der Waals surface area contributed by atoms with Gasteiger partial charge in [0.2, 0.25) is 0 Å². The van der Waals surface area contributed by atoms with Crippen LogP contribution in [0.2, 0.25) is 0 Å². The molecule has 3 aromatic rings. The van der Waals surface area contributed by atoms with Crippen LogP contribution in [0.3, 0.4) is 0 Å². The lowest BCUT2D eigenvalue weighted by molar-refractivity contribution is 0.0954. The number of hydrogen-bond acceptors (Lipinski definition) is 5. The molecule has 0 unspecified atom stereocenters. The van der Waals surface area contributed by atoms with Crippen LogP contribution in [0.15, 0.2) is 54.6 Å². The van der Waals surface area contributed by atoms with E-state index in [1.165, 1.54) is 22.6 Å². The van der Waals surface area contributed by atoms with Crippen molar-refractivity contribution >= 4 is 27.9 Å². The van der Waals surface area contributed by atoms with Gasteiger partial charge < -0.3 is 19.7 Å². The Balaban J connectivity index is 1.48. The molecule has 150 valence electrons.